The van der Waals surface area contributed by atoms with E-state index >= 15 is 0 Å². The number of rotatable bonds is 3. The summed E-state index contributed by atoms with van der Waals surface area (Å²) >= 11 is 0. The molecule has 1 aliphatic rings. The molecule has 0 unspecified atom stereocenters. The molecule has 1 saturated heterocycles. The van der Waals surface area contributed by atoms with Crippen molar-refractivity contribution in [2.75, 3.05) is 18.8 Å². The van der Waals surface area contributed by atoms with E-state index in [1.807, 2.05) is 0 Å². The maximum absolute atomic E-state index is 13.4. The van der Waals surface area contributed by atoms with Crippen molar-refractivity contribution in [2.45, 2.75) is 18.8 Å². The normalized spacial score (nSPS) is 16.5. The van der Waals surface area contributed by atoms with E-state index in [1.165, 1.54) is 22.8 Å². The van der Waals surface area contributed by atoms with E-state index in [1.54, 1.807) is 42.5 Å². The second kappa shape index (κ2) is 8.06. The monoisotopic (exact) mass is 407 g/mol. The summed E-state index contributed by atoms with van der Waals surface area (Å²) in [5.41, 5.74) is 8.50. The first-order valence-electron chi connectivity index (χ1n) is 9.76. The molecule has 30 heavy (non-hydrogen) atoms. The predicted octanol–water partition coefficient (Wildman–Crippen LogP) is 2.58. The highest BCUT2D eigenvalue weighted by Gasteiger charge is 2.28. The molecule has 2 N–H and O–H groups in total. The largest absolute Gasteiger partial charge is 0.368 e. The number of hydrogen-bond donors (Lipinski definition) is 1. The lowest BCUT2D eigenvalue weighted by Crippen LogP contribution is -2.40. The van der Waals surface area contributed by atoms with Crippen LogP contribution in [0.4, 0.5) is 10.3 Å². The first kappa shape index (κ1) is 19.8. The van der Waals surface area contributed by atoms with Crippen molar-refractivity contribution in [3.8, 4) is 11.1 Å². The highest BCUT2D eigenvalue weighted by atomic mass is 19.1. The third kappa shape index (κ3) is 3.94. The van der Waals surface area contributed by atoms with Crippen LogP contribution in [0.25, 0.3) is 11.1 Å². The number of likely N-dealkylation sites (tertiary alicyclic amines) is 1. The minimum absolute atomic E-state index is 0.0272. The Kier molecular flexibility index (Phi) is 5.31. The number of hydrogen-bond acceptors (Lipinski definition) is 5. The molecule has 1 fully saturated rings. The Bertz CT molecular complexity index is 1140. The van der Waals surface area contributed by atoms with E-state index in [-0.39, 0.29) is 29.1 Å². The van der Waals surface area contributed by atoms with E-state index in [0.717, 1.165) is 29.7 Å². The van der Waals surface area contributed by atoms with Gasteiger partial charge in [0.15, 0.2) is 0 Å². The van der Waals surface area contributed by atoms with Crippen LogP contribution in [-0.4, -0.2) is 38.4 Å². The average Bonchev–Trinajstić information content (AvgIpc) is 2.76. The van der Waals surface area contributed by atoms with Crippen molar-refractivity contribution < 1.29 is 9.18 Å². The topological polar surface area (TPSA) is 94.1 Å². The summed E-state index contributed by atoms with van der Waals surface area (Å²) in [6, 6.07) is 9.11. The molecule has 0 saturated carbocycles. The Labute approximate surface area is 173 Å². The van der Waals surface area contributed by atoms with Crippen LogP contribution in [0.1, 0.15) is 34.8 Å². The third-order valence-electron chi connectivity index (χ3n) is 5.42. The Hall–Kier alpha value is -3.55. The highest BCUT2D eigenvalue weighted by molar-refractivity contribution is 5.94. The number of piperidine rings is 1. The van der Waals surface area contributed by atoms with Gasteiger partial charge in [-0.2, -0.15) is 0 Å². The zero-order valence-electron chi connectivity index (χ0n) is 16.6. The molecule has 0 spiro atoms. The first-order chi connectivity index (χ1) is 14.4. The van der Waals surface area contributed by atoms with Gasteiger partial charge in [-0.05, 0) is 36.6 Å². The van der Waals surface area contributed by atoms with Crippen molar-refractivity contribution in [1.29, 1.82) is 0 Å². The third-order valence-corrected chi connectivity index (χ3v) is 5.42. The van der Waals surface area contributed by atoms with Gasteiger partial charge in [0.1, 0.15) is 5.82 Å². The van der Waals surface area contributed by atoms with Crippen LogP contribution in [0.3, 0.4) is 0 Å². The molecular formula is C22H22FN5O2. The van der Waals surface area contributed by atoms with Gasteiger partial charge in [-0.25, -0.2) is 14.4 Å². The summed E-state index contributed by atoms with van der Waals surface area (Å²) in [7, 11) is 1.62. The zero-order chi connectivity index (χ0) is 21.3. The Morgan fingerprint density at radius 2 is 1.97 bits per heavy atom. The summed E-state index contributed by atoms with van der Waals surface area (Å²) in [5.74, 6) is -0.304. The van der Waals surface area contributed by atoms with Crippen molar-refractivity contribution in [2.24, 2.45) is 7.05 Å². The van der Waals surface area contributed by atoms with Crippen LogP contribution in [-0.2, 0) is 7.05 Å². The molecule has 1 amide bonds. The number of nitrogen functional groups attached to an aromatic ring is 1. The summed E-state index contributed by atoms with van der Waals surface area (Å²) in [6.07, 6.45) is 4.87. The lowest BCUT2D eigenvalue weighted by molar-refractivity contribution is 0.0705. The number of aromatic nitrogens is 3. The van der Waals surface area contributed by atoms with Crippen LogP contribution >= 0.6 is 0 Å². The summed E-state index contributed by atoms with van der Waals surface area (Å²) in [6.45, 7) is 1.11. The summed E-state index contributed by atoms with van der Waals surface area (Å²) < 4.78 is 14.8. The van der Waals surface area contributed by atoms with E-state index in [0.29, 0.717) is 18.7 Å². The minimum atomic E-state index is -0.316. The van der Waals surface area contributed by atoms with Crippen molar-refractivity contribution in [1.82, 2.24) is 19.4 Å². The molecular weight excluding hydrogens is 385 g/mol. The van der Waals surface area contributed by atoms with E-state index < -0.39 is 0 Å². The second-order valence-electron chi connectivity index (χ2n) is 7.49. The summed E-state index contributed by atoms with van der Waals surface area (Å²) in [4.78, 5) is 35.0. The van der Waals surface area contributed by atoms with Gasteiger partial charge in [0.05, 0.1) is 11.3 Å². The average molecular weight is 407 g/mol. The molecule has 1 atom stereocenters. The zero-order valence-corrected chi connectivity index (χ0v) is 16.6. The van der Waals surface area contributed by atoms with Crippen molar-refractivity contribution >= 4 is 11.9 Å². The molecule has 0 aliphatic carbocycles. The van der Waals surface area contributed by atoms with Gasteiger partial charge in [0.2, 0.25) is 11.5 Å². The number of halogens is 1. The minimum Gasteiger partial charge on any atom is -0.368 e. The van der Waals surface area contributed by atoms with Crippen LogP contribution in [0, 0.1) is 5.82 Å². The molecule has 7 nitrogen and oxygen atoms in total. The van der Waals surface area contributed by atoms with Gasteiger partial charge in [-0.1, -0.05) is 12.1 Å². The standard InChI is InChI=1S/C22H22FN5O2/c1-27-12-16(6-9-19(27)29)21(30)28-10-2-3-15(13-28)20-18(11-25-22(24)26-20)14-4-7-17(23)8-5-14/h4-9,11-12,15H,2-3,10,13H2,1H3,(H2,24,25,26)/t15-/m0/s1. The highest BCUT2D eigenvalue weighted by Crippen LogP contribution is 2.33. The lowest BCUT2D eigenvalue weighted by Gasteiger charge is -2.33. The molecule has 0 radical (unpaired) electrons. The Morgan fingerprint density at radius 3 is 2.70 bits per heavy atom. The van der Waals surface area contributed by atoms with E-state index in [2.05, 4.69) is 9.97 Å². The molecule has 0 bridgehead atoms. The molecule has 2 aromatic heterocycles. The van der Waals surface area contributed by atoms with Gasteiger partial charge < -0.3 is 15.2 Å². The fourth-order valence-corrected chi connectivity index (χ4v) is 3.86. The second-order valence-corrected chi connectivity index (χ2v) is 7.49. The maximum Gasteiger partial charge on any atom is 0.255 e. The van der Waals surface area contributed by atoms with Gasteiger partial charge >= 0.3 is 0 Å². The number of amides is 1. The molecule has 1 aromatic carbocycles. The van der Waals surface area contributed by atoms with E-state index in [4.69, 9.17) is 5.73 Å². The maximum atomic E-state index is 13.4. The van der Waals surface area contributed by atoms with Crippen LogP contribution in [0.5, 0.6) is 0 Å². The predicted molar refractivity (Wildman–Crippen MR) is 111 cm³/mol. The molecule has 8 heteroatoms. The van der Waals surface area contributed by atoms with Gasteiger partial charge in [-0.3, -0.25) is 9.59 Å². The van der Waals surface area contributed by atoms with Crippen molar-refractivity contribution in [3.05, 3.63) is 76.2 Å². The first-order valence-corrected chi connectivity index (χ1v) is 9.76. The lowest BCUT2D eigenvalue weighted by atomic mass is 9.89. The van der Waals surface area contributed by atoms with E-state index in [9.17, 15) is 14.0 Å². The molecule has 3 aromatic rings. The Balaban J connectivity index is 1.64. The number of carbonyl (C=O) groups is 1. The quantitative estimate of drug-likeness (QED) is 0.720. The SMILES string of the molecule is Cn1cc(C(=O)N2CCC[C@H](c3nc(N)ncc3-c3ccc(F)cc3)C2)ccc1=O. The molecule has 1 aliphatic heterocycles. The molecule has 3 heterocycles. The van der Waals surface area contributed by atoms with Crippen LogP contribution in [0.2, 0.25) is 0 Å². The number of pyridine rings is 1. The number of aryl methyl sites for hydroxylation is 1. The Morgan fingerprint density at radius 1 is 1.20 bits per heavy atom. The number of nitrogens with two attached hydrogens (primary N) is 1. The number of anilines is 1. The smallest absolute Gasteiger partial charge is 0.255 e. The molecule has 4 rings (SSSR count). The number of benzene rings is 1. The summed E-state index contributed by atoms with van der Waals surface area (Å²) in [5, 5.41) is 0. The molecule has 154 valence electrons. The number of carbonyl (C=O) groups excluding carboxylic acids is 1. The number of nitrogens with zero attached hydrogens (tertiary/aromatic N) is 4. The van der Waals surface area contributed by atoms with Gasteiger partial charge in [-0.15, -0.1) is 0 Å². The van der Waals surface area contributed by atoms with Gasteiger partial charge in [0.25, 0.3) is 5.91 Å². The van der Waals surface area contributed by atoms with Crippen molar-refractivity contribution in [3.63, 3.8) is 0 Å². The van der Waals surface area contributed by atoms with Crippen LogP contribution in [0.15, 0.2) is 53.6 Å². The van der Waals surface area contributed by atoms with Crippen LogP contribution < -0.4 is 11.3 Å². The fourth-order valence-electron chi connectivity index (χ4n) is 3.86. The van der Waals surface area contributed by atoms with Gasteiger partial charge in [0, 0.05) is 50.1 Å². The fraction of sp³-hybridized carbons (Fsp3) is 0.273.